The van der Waals surface area contributed by atoms with Crippen molar-refractivity contribution in [2.45, 2.75) is 12.8 Å². The predicted octanol–water partition coefficient (Wildman–Crippen LogP) is 4.02. The Balaban J connectivity index is 2.00. The van der Waals surface area contributed by atoms with E-state index in [9.17, 15) is 15.3 Å². The fourth-order valence-corrected chi connectivity index (χ4v) is 3.31. The summed E-state index contributed by atoms with van der Waals surface area (Å²) >= 11 is 0. The molecule has 3 rings (SSSR count). The number of aryl methyl sites for hydroxylation is 1. The number of rotatable bonds is 8. The minimum absolute atomic E-state index is 0.0248. The Morgan fingerprint density at radius 2 is 1.80 bits per heavy atom. The lowest BCUT2D eigenvalue weighted by Crippen LogP contribution is -2.10. The van der Waals surface area contributed by atoms with Crippen molar-refractivity contribution >= 4 is 11.4 Å². The highest BCUT2D eigenvalue weighted by atomic mass is 16.6. The summed E-state index contributed by atoms with van der Waals surface area (Å²) in [7, 11) is 3.12. The average Bonchev–Trinajstić information content (AvgIpc) is 2.78. The maximum Gasteiger partial charge on any atom is 0.273 e. The first kappa shape index (κ1) is 20.8. The fraction of sp³-hybridized carbons (Fsp3) is 0.182. The lowest BCUT2D eigenvalue weighted by molar-refractivity contribution is -0.385. The van der Waals surface area contributed by atoms with Crippen molar-refractivity contribution in [3.8, 4) is 11.5 Å². The molecule has 8 heteroatoms. The Morgan fingerprint density at radius 1 is 1.07 bits per heavy atom. The van der Waals surface area contributed by atoms with Gasteiger partial charge in [0, 0.05) is 35.2 Å². The molecule has 0 bridgehead atoms. The summed E-state index contributed by atoms with van der Waals surface area (Å²) in [5, 5.41) is 24.8. The van der Waals surface area contributed by atoms with E-state index in [0.717, 1.165) is 5.56 Å². The van der Waals surface area contributed by atoms with Gasteiger partial charge in [0.05, 0.1) is 19.1 Å². The van der Waals surface area contributed by atoms with Gasteiger partial charge in [-0.3, -0.25) is 15.1 Å². The second-order valence-electron chi connectivity index (χ2n) is 6.43. The number of hydrogen-bond acceptors (Lipinski definition) is 7. The number of pyridine rings is 1. The van der Waals surface area contributed by atoms with Gasteiger partial charge in [-0.2, -0.15) is 0 Å². The summed E-state index contributed by atoms with van der Waals surface area (Å²) in [4.78, 5) is 15.2. The van der Waals surface area contributed by atoms with Gasteiger partial charge < -0.3 is 14.7 Å². The number of nitrogens with zero attached hydrogens (tertiary/aromatic N) is 3. The number of ether oxygens (including phenoxy) is 2. The second kappa shape index (κ2) is 9.51. The molecule has 0 amide bonds. The minimum Gasteiger partial charge on any atom is -0.493 e. The normalized spacial score (nSPS) is 11.2. The molecular formula is C22H21N3O5. The summed E-state index contributed by atoms with van der Waals surface area (Å²) < 4.78 is 10.6. The molecule has 0 aliphatic rings. The standard InChI is InChI=1S/C22H21N3O5/c1-29-20-9-7-15(14-21(20)30-2)6-8-17-18(4-3-5-19(17)25(27)28)22(24-26)16-10-12-23-13-11-16/h3-5,7,9-14,26H,6,8H2,1-2H3. The van der Waals surface area contributed by atoms with Crippen LogP contribution in [-0.4, -0.2) is 35.0 Å². The van der Waals surface area contributed by atoms with Gasteiger partial charge >= 0.3 is 0 Å². The molecule has 0 atom stereocenters. The van der Waals surface area contributed by atoms with Crippen LogP contribution in [0.25, 0.3) is 0 Å². The van der Waals surface area contributed by atoms with Crippen LogP contribution in [0.5, 0.6) is 11.5 Å². The maximum atomic E-state index is 11.7. The number of benzene rings is 2. The van der Waals surface area contributed by atoms with Crippen molar-refractivity contribution in [3.63, 3.8) is 0 Å². The molecule has 1 N–H and O–H groups in total. The summed E-state index contributed by atoms with van der Waals surface area (Å²) in [6.45, 7) is 0. The van der Waals surface area contributed by atoms with Crippen LogP contribution in [0.4, 0.5) is 5.69 Å². The van der Waals surface area contributed by atoms with E-state index in [1.807, 2.05) is 12.1 Å². The number of nitro groups is 1. The maximum absolute atomic E-state index is 11.7. The predicted molar refractivity (Wildman–Crippen MR) is 112 cm³/mol. The molecule has 1 heterocycles. The third-order valence-electron chi connectivity index (χ3n) is 4.77. The van der Waals surface area contributed by atoms with Crippen molar-refractivity contribution in [2.75, 3.05) is 14.2 Å². The summed E-state index contributed by atoms with van der Waals surface area (Å²) in [6, 6.07) is 13.7. The van der Waals surface area contributed by atoms with Crippen molar-refractivity contribution in [3.05, 3.63) is 93.3 Å². The van der Waals surface area contributed by atoms with E-state index in [1.165, 1.54) is 6.07 Å². The highest BCUT2D eigenvalue weighted by molar-refractivity contribution is 6.13. The molecule has 1 aromatic heterocycles. The van der Waals surface area contributed by atoms with Gasteiger partial charge in [-0.25, -0.2) is 0 Å². The first-order chi connectivity index (χ1) is 14.6. The highest BCUT2D eigenvalue weighted by Crippen LogP contribution is 2.30. The highest BCUT2D eigenvalue weighted by Gasteiger charge is 2.21. The van der Waals surface area contributed by atoms with Crippen molar-refractivity contribution in [1.29, 1.82) is 0 Å². The van der Waals surface area contributed by atoms with Crippen LogP contribution in [0.2, 0.25) is 0 Å². The van der Waals surface area contributed by atoms with Crippen molar-refractivity contribution < 1.29 is 19.6 Å². The zero-order chi connectivity index (χ0) is 21.5. The van der Waals surface area contributed by atoms with E-state index >= 15 is 0 Å². The molecular weight excluding hydrogens is 386 g/mol. The second-order valence-corrected chi connectivity index (χ2v) is 6.43. The first-order valence-corrected chi connectivity index (χ1v) is 9.19. The SMILES string of the molecule is COc1ccc(CCc2c(C(=NO)c3ccncc3)cccc2[N+](=O)[O-])cc1OC. The number of hydrogen-bond donors (Lipinski definition) is 1. The van der Waals surface area contributed by atoms with Gasteiger partial charge in [0.2, 0.25) is 0 Å². The van der Waals surface area contributed by atoms with Crippen LogP contribution < -0.4 is 9.47 Å². The fourth-order valence-electron chi connectivity index (χ4n) is 3.31. The first-order valence-electron chi connectivity index (χ1n) is 9.19. The third-order valence-corrected chi connectivity index (χ3v) is 4.77. The van der Waals surface area contributed by atoms with Gasteiger partial charge in [-0.05, 0) is 42.7 Å². The smallest absolute Gasteiger partial charge is 0.273 e. The largest absolute Gasteiger partial charge is 0.493 e. The van der Waals surface area contributed by atoms with Crippen LogP contribution in [0.15, 0.2) is 66.1 Å². The molecule has 0 saturated heterocycles. The number of methoxy groups -OCH3 is 2. The number of nitro benzene ring substituents is 1. The summed E-state index contributed by atoms with van der Waals surface area (Å²) in [5.41, 5.74) is 2.76. The molecule has 154 valence electrons. The van der Waals surface area contributed by atoms with Gasteiger partial charge in [-0.15, -0.1) is 0 Å². The number of aromatic nitrogens is 1. The zero-order valence-corrected chi connectivity index (χ0v) is 16.6. The molecule has 0 unspecified atom stereocenters. The van der Waals surface area contributed by atoms with Crippen LogP contribution in [-0.2, 0) is 12.8 Å². The monoisotopic (exact) mass is 407 g/mol. The topological polar surface area (TPSA) is 107 Å². The molecule has 0 fully saturated rings. The molecule has 2 aromatic carbocycles. The lowest BCUT2D eigenvalue weighted by atomic mass is 9.93. The molecule has 8 nitrogen and oxygen atoms in total. The van der Waals surface area contributed by atoms with E-state index in [0.29, 0.717) is 41.0 Å². The quantitative estimate of drug-likeness (QED) is 0.262. The molecule has 3 aromatic rings. The van der Waals surface area contributed by atoms with Gasteiger partial charge in [0.15, 0.2) is 11.5 Å². The van der Waals surface area contributed by atoms with Crippen molar-refractivity contribution in [2.24, 2.45) is 5.16 Å². The van der Waals surface area contributed by atoms with E-state index in [-0.39, 0.29) is 11.4 Å². The van der Waals surface area contributed by atoms with E-state index < -0.39 is 4.92 Å². The van der Waals surface area contributed by atoms with Gasteiger partial charge in [0.25, 0.3) is 5.69 Å². The summed E-state index contributed by atoms with van der Waals surface area (Å²) in [6.07, 6.45) is 4.03. The molecule has 0 aliphatic heterocycles. The van der Waals surface area contributed by atoms with Crippen molar-refractivity contribution in [1.82, 2.24) is 4.98 Å². The van der Waals surface area contributed by atoms with E-state index in [4.69, 9.17) is 9.47 Å². The Morgan fingerprint density at radius 3 is 2.43 bits per heavy atom. The Hall–Kier alpha value is -3.94. The Bertz CT molecular complexity index is 1070. The zero-order valence-electron chi connectivity index (χ0n) is 16.6. The van der Waals surface area contributed by atoms with E-state index in [1.54, 1.807) is 56.9 Å². The van der Waals surface area contributed by atoms with Crippen LogP contribution in [0.1, 0.15) is 22.3 Å². The Labute approximate surface area is 173 Å². The van der Waals surface area contributed by atoms with Crippen LogP contribution >= 0.6 is 0 Å². The van der Waals surface area contributed by atoms with E-state index in [2.05, 4.69) is 10.1 Å². The number of oxime groups is 1. The van der Waals surface area contributed by atoms with Gasteiger partial charge in [0.1, 0.15) is 5.71 Å². The minimum atomic E-state index is -0.422. The summed E-state index contributed by atoms with van der Waals surface area (Å²) in [5.74, 6) is 1.20. The molecule has 30 heavy (non-hydrogen) atoms. The molecule has 0 saturated carbocycles. The lowest BCUT2D eigenvalue weighted by Gasteiger charge is -2.13. The Kier molecular flexibility index (Phi) is 6.59. The van der Waals surface area contributed by atoms with Gasteiger partial charge in [-0.1, -0.05) is 23.4 Å². The van der Waals surface area contributed by atoms with Crippen LogP contribution in [0, 0.1) is 10.1 Å². The average molecular weight is 407 g/mol. The molecule has 0 aliphatic carbocycles. The molecule has 0 spiro atoms. The third kappa shape index (κ3) is 4.38. The molecule has 0 radical (unpaired) electrons. The van der Waals surface area contributed by atoms with Crippen LogP contribution in [0.3, 0.4) is 0 Å².